The molecule has 0 radical (unpaired) electrons. The second-order valence-electron chi connectivity index (χ2n) is 8.82. The van der Waals surface area contributed by atoms with Gasteiger partial charge in [-0.25, -0.2) is 0 Å². The van der Waals surface area contributed by atoms with E-state index in [4.69, 9.17) is 9.47 Å². The van der Waals surface area contributed by atoms with E-state index in [0.717, 1.165) is 27.6 Å². The van der Waals surface area contributed by atoms with Crippen molar-refractivity contribution in [3.05, 3.63) is 95.2 Å². The van der Waals surface area contributed by atoms with Crippen LogP contribution in [0.15, 0.2) is 72.9 Å². The first-order valence-electron chi connectivity index (χ1n) is 12.0. The first-order valence-corrected chi connectivity index (χ1v) is 12.0. The Kier molecular flexibility index (Phi) is 6.62. The molecule has 4 aromatic rings. The van der Waals surface area contributed by atoms with Gasteiger partial charge in [0.1, 0.15) is 0 Å². The zero-order chi connectivity index (χ0) is 25.1. The quantitative estimate of drug-likeness (QED) is 0.368. The highest BCUT2D eigenvalue weighted by molar-refractivity contribution is 6.01. The maximum atomic E-state index is 13.3. The van der Waals surface area contributed by atoms with E-state index >= 15 is 0 Å². The highest BCUT2D eigenvalue weighted by Gasteiger charge is 2.38. The number of hydrogen-bond donors (Lipinski definition) is 2. The SMILES string of the molecule is COc1ccc(CCNC(=O)CCN2C(=O)c3ccccc3C2c2c[nH]c3ccccc23)cc1OC. The first kappa shape index (κ1) is 23.5. The molecular weight excluding hydrogens is 454 g/mol. The number of nitrogens with one attached hydrogen (secondary N) is 2. The summed E-state index contributed by atoms with van der Waals surface area (Å²) in [5.74, 6) is 1.21. The molecule has 0 fully saturated rings. The third-order valence-corrected chi connectivity index (χ3v) is 6.74. The summed E-state index contributed by atoms with van der Waals surface area (Å²) in [6.45, 7) is 0.828. The number of benzene rings is 3. The fourth-order valence-corrected chi connectivity index (χ4v) is 4.95. The maximum absolute atomic E-state index is 13.3. The Morgan fingerprint density at radius 1 is 0.972 bits per heavy atom. The molecule has 1 unspecified atom stereocenters. The van der Waals surface area contributed by atoms with Crippen LogP contribution in [0.1, 0.15) is 39.5 Å². The van der Waals surface area contributed by atoms with E-state index in [1.54, 1.807) is 14.2 Å². The Morgan fingerprint density at radius 2 is 1.75 bits per heavy atom. The molecule has 1 aliphatic heterocycles. The molecule has 2 N–H and O–H groups in total. The van der Waals surface area contributed by atoms with E-state index in [1.165, 1.54) is 0 Å². The van der Waals surface area contributed by atoms with Crippen LogP contribution in [0.5, 0.6) is 11.5 Å². The minimum absolute atomic E-state index is 0.0426. The largest absolute Gasteiger partial charge is 0.493 e. The van der Waals surface area contributed by atoms with Gasteiger partial charge in [0.2, 0.25) is 5.91 Å². The van der Waals surface area contributed by atoms with E-state index in [9.17, 15) is 9.59 Å². The van der Waals surface area contributed by atoms with Gasteiger partial charge in [0.15, 0.2) is 11.5 Å². The zero-order valence-corrected chi connectivity index (χ0v) is 20.4. The van der Waals surface area contributed by atoms with Crippen LogP contribution in [0.3, 0.4) is 0 Å². The number of amides is 2. The molecule has 36 heavy (non-hydrogen) atoms. The minimum Gasteiger partial charge on any atom is -0.493 e. The molecule has 184 valence electrons. The average Bonchev–Trinajstić information content (AvgIpc) is 3.45. The summed E-state index contributed by atoms with van der Waals surface area (Å²) in [5, 5.41) is 4.06. The number of rotatable bonds is 9. The Balaban J connectivity index is 1.26. The number of aromatic amines is 1. The van der Waals surface area contributed by atoms with Crippen LogP contribution in [0.2, 0.25) is 0 Å². The van der Waals surface area contributed by atoms with Crippen molar-refractivity contribution in [2.75, 3.05) is 27.3 Å². The number of carbonyl (C=O) groups is 2. The molecule has 0 bridgehead atoms. The number of para-hydroxylation sites is 1. The number of hydrogen-bond acceptors (Lipinski definition) is 4. The molecule has 2 heterocycles. The molecule has 1 aromatic heterocycles. The Hall–Kier alpha value is -4.26. The van der Waals surface area contributed by atoms with Crippen molar-refractivity contribution in [2.24, 2.45) is 0 Å². The van der Waals surface area contributed by atoms with E-state index in [-0.39, 0.29) is 24.3 Å². The first-order chi connectivity index (χ1) is 17.6. The standard InChI is InChI=1S/C29H29N3O4/c1-35-25-12-11-19(17-26(25)36-2)13-15-30-27(33)14-16-32-28(21-8-3-4-9-22(21)29(32)34)23-18-31-24-10-6-5-7-20(23)24/h3-12,17-18,28,31H,13-16H2,1-2H3,(H,30,33). The second kappa shape index (κ2) is 10.2. The third kappa shape index (κ3) is 4.40. The maximum Gasteiger partial charge on any atom is 0.255 e. The summed E-state index contributed by atoms with van der Waals surface area (Å²) < 4.78 is 10.6. The summed E-state index contributed by atoms with van der Waals surface area (Å²) in [5.41, 5.74) is 4.77. The van der Waals surface area contributed by atoms with Crippen LogP contribution >= 0.6 is 0 Å². The summed E-state index contributed by atoms with van der Waals surface area (Å²) in [7, 11) is 3.20. The van der Waals surface area contributed by atoms with Gasteiger partial charge in [0.25, 0.3) is 5.91 Å². The lowest BCUT2D eigenvalue weighted by Gasteiger charge is -2.25. The van der Waals surface area contributed by atoms with Crippen LogP contribution in [-0.2, 0) is 11.2 Å². The van der Waals surface area contributed by atoms with Crippen molar-refractivity contribution < 1.29 is 19.1 Å². The highest BCUT2D eigenvalue weighted by Crippen LogP contribution is 2.41. The van der Waals surface area contributed by atoms with Gasteiger partial charge in [0.05, 0.1) is 20.3 Å². The fraction of sp³-hybridized carbons (Fsp3) is 0.241. The Labute approximate surface area is 210 Å². The molecule has 2 amide bonds. The van der Waals surface area contributed by atoms with Gasteiger partial charge in [0, 0.05) is 47.7 Å². The molecule has 5 rings (SSSR count). The van der Waals surface area contributed by atoms with Gasteiger partial charge in [-0.2, -0.15) is 0 Å². The van der Waals surface area contributed by atoms with E-state index < -0.39 is 0 Å². The summed E-state index contributed by atoms with van der Waals surface area (Å²) in [4.78, 5) is 31.2. The lowest BCUT2D eigenvalue weighted by atomic mass is 9.97. The van der Waals surface area contributed by atoms with E-state index in [2.05, 4.69) is 16.4 Å². The molecular formula is C29H29N3O4. The molecule has 7 nitrogen and oxygen atoms in total. The van der Waals surface area contributed by atoms with E-state index in [0.29, 0.717) is 36.6 Å². The van der Waals surface area contributed by atoms with Gasteiger partial charge >= 0.3 is 0 Å². The van der Waals surface area contributed by atoms with Crippen molar-refractivity contribution in [1.29, 1.82) is 0 Å². The van der Waals surface area contributed by atoms with Crippen molar-refractivity contribution in [2.45, 2.75) is 18.9 Å². The average molecular weight is 484 g/mol. The normalized spacial score (nSPS) is 14.7. The van der Waals surface area contributed by atoms with Crippen LogP contribution in [0, 0.1) is 0 Å². The number of carbonyl (C=O) groups excluding carboxylic acids is 2. The van der Waals surface area contributed by atoms with Crippen LogP contribution in [-0.4, -0.2) is 49.0 Å². The molecule has 3 aromatic carbocycles. The van der Waals surface area contributed by atoms with Crippen LogP contribution in [0.25, 0.3) is 10.9 Å². The minimum atomic E-state index is -0.232. The highest BCUT2D eigenvalue weighted by atomic mass is 16.5. The number of fused-ring (bicyclic) bond motifs is 2. The van der Waals surface area contributed by atoms with Crippen LogP contribution in [0.4, 0.5) is 0 Å². The summed E-state index contributed by atoms with van der Waals surface area (Å²) in [6.07, 6.45) is 2.86. The number of nitrogens with zero attached hydrogens (tertiary/aromatic N) is 1. The topological polar surface area (TPSA) is 83.7 Å². The van der Waals surface area contributed by atoms with Gasteiger partial charge in [-0.1, -0.05) is 42.5 Å². The van der Waals surface area contributed by atoms with Crippen molar-refractivity contribution in [3.8, 4) is 11.5 Å². The zero-order valence-electron chi connectivity index (χ0n) is 20.4. The van der Waals surface area contributed by atoms with E-state index in [1.807, 2.05) is 71.8 Å². The monoisotopic (exact) mass is 483 g/mol. The van der Waals surface area contributed by atoms with Crippen molar-refractivity contribution in [3.63, 3.8) is 0 Å². The number of methoxy groups -OCH3 is 2. The smallest absolute Gasteiger partial charge is 0.255 e. The summed E-state index contributed by atoms with van der Waals surface area (Å²) >= 11 is 0. The van der Waals surface area contributed by atoms with Gasteiger partial charge in [-0.05, 0) is 41.8 Å². The van der Waals surface area contributed by atoms with Gasteiger partial charge in [-0.15, -0.1) is 0 Å². The van der Waals surface area contributed by atoms with Crippen molar-refractivity contribution in [1.82, 2.24) is 15.2 Å². The molecule has 7 heteroatoms. The fourth-order valence-electron chi connectivity index (χ4n) is 4.95. The number of ether oxygens (including phenoxy) is 2. The number of H-pyrrole nitrogens is 1. The molecule has 0 saturated heterocycles. The lowest BCUT2D eigenvalue weighted by molar-refractivity contribution is -0.121. The van der Waals surface area contributed by atoms with Gasteiger partial charge < -0.3 is 24.7 Å². The molecule has 0 spiro atoms. The predicted molar refractivity (Wildman–Crippen MR) is 138 cm³/mol. The number of aromatic nitrogens is 1. The Bertz CT molecular complexity index is 1410. The van der Waals surface area contributed by atoms with Crippen molar-refractivity contribution >= 4 is 22.7 Å². The Morgan fingerprint density at radius 3 is 2.58 bits per heavy atom. The molecule has 0 aliphatic carbocycles. The third-order valence-electron chi connectivity index (χ3n) is 6.74. The molecule has 1 aliphatic rings. The molecule has 1 atom stereocenters. The lowest BCUT2D eigenvalue weighted by Crippen LogP contribution is -2.34. The predicted octanol–water partition coefficient (Wildman–Crippen LogP) is 4.48. The summed E-state index contributed by atoms with van der Waals surface area (Å²) in [6, 6.07) is 21.3. The van der Waals surface area contributed by atoms with Gasteiger partial charge in [-0.3, -0.25) is 9.59 Å². The second-order valence-corrected chi connectivity index (χ2v) is 8.82. The molecule has 0 saturated carbocycles. The van der Waals surface area contributed by atoms with Crippen LogP contribution < -0.4 is 14.8 Å².